The SMILES string of the molecule is Clc1ccccc1COc1nccnc1Cl. The molecule has 82 valence electrons. The maximum Gasteiger partial charge on any atom is 0.252 e. The van der Waals surface area contributed by atoms with E-state index in [0.717, 1.165) is 5.56 Å². The predicted octanol–water partition coefficient (Wildman–Crippen LogP) is 3.36. The molecule has 0 amide bonds. The lowest BCUT2D eigenvalue weighted by atomic mass is 10.2. The van der Waals surface area contributed by atoms with Gasteiger partial charge in [-0.3, -0.25) is 0 Å². The summed E-state index contributed by atoms with van der Waals surface area (Å²) in [7, 11) is 0. The summed E-state index contributed by atoms with van der Waals surface area (Å²) < 4.78 is 5.41. The lowest BCUT2D eigenvalue weighted by Crippen LogP contribution is -1.99. The van der Waals surface area contributed by atoms with Gasteiger partial charge in [-0.15, -0.1) is 0 Å². The Bertz CT molecular complexity index is 445. The molecule has 1 aromatic heterocycles. The van der Waals surface area contributed by atoms with E-state index in [1.54, 1.807) is 6.07 Å². The second-order valence-electron chi connectivity index (χ2n) is 3.03. The summed E-state index contributed by atoms with van der Waals surface area (Å²) in [6.07, 6.45) is 3.03. The van der Waals surface area contributed by atoms with Crippen LogP contribution >= 0.6 is 23.2 Å². The van der Waals surface area contributed by atoms with E-state index < -0.39 is 0 Å². The van der Waals surface area contributed by atoms with Crippen molar-refractivity contribution in [3.8, 4) is 5.88 Å². The zero-order valence-electron chi connectivity index (χ0n) is 8.23. The van der Waals surface area contributed by atoms with Crippen molar-refractivity contribution in [3.63, 3.8) is 0 Å². The topological polar surface area (TPSA) is 35.0 Å². The number of benzene rings is 1. The van der Waals surface area contributed by atoms with E-state index in [1.165, 1.54) is 12.4 Å². The Morgan fingerprint density at radius 2 is 1.81 bits per heavy atom. The van der Waals surface area contributed by atoms with Crippen LogP contribution in [-0.4, -0.2) is 9.97 Å². The van der Waals surface area contributed by atoms with Gasteiger partial charge in [0, 0.05) is 23.0 Å². The molecule has 16 heavy (non-hydrogen) atoms. The van der Waals surface area contributed by atoms with Crippen molar-refractivity contribution in [2.45, 2.75) is 6.61 Å². The Kier molecular flexibility index (Phi) is 3.59. The van der Waals surface area contributed by atoms with Crippen LogP contribution < -0.4 is 4.74 Å². The summed E-state index contributed by atoms with van der Waals surface area (Å²) >= 11 is 11.8. The van der Waals surface area contributed by atoms with Crippen molar-refractivity contribution in [1.82, 2.24) is 9.97 Å². The fraction of sp³-hybridized carbons (Fsp3) is 0.0909. The molecule has 0 N–H and O–H groups in total. The highest BCUT2D eigenvalue weighted by Gasteiger charge is 2.05. The third kappa shape index (κ3) is 2.62. The molecule has 2 aromatic rings. The van der Waals surface area contributed by atoms with Gasteiger partial charge in [-0.25, -0.2) is 9.97 Å². The van der Waals surface area contributed by atoms with Crippen LogP contribution in [0.5, 0.6) is 5.88 Å². The highest BCUT2D eigenvalue weighted by atomic mass is 35.5. The number of ether oxygens (including phenoxy) is 1. The third-order valence-corrected chi connectivity index (χ3v) is 2.57. The Labute approximate surface area is 103 Å². The summed E-state index contributed by atoms with van der Waals surface area (Å²) in [6, 6.07) is 7.44. The van der Waals surface area contributed by atoms with E-state index in [0.29, 0.717) is 17.5 Å². The minimum atomic E-state index is 0.245. The van der Waals surface area contributed by atoms with E-state index in [2.05, 4.69) is 9.97 Å². The second kappa shape index (κ2) is 5.14. The summed E-state index contributed by atoms with van der Waals surface area (Å²) in [6.45, 7) is 0.318. The molecule has 3 nitrogen and oxygen atoms in total. The first-order valence-corrected chi connectivity index (χ1v) is 5.35. The molecule has 0 aliphatic rings. The summed E-state index contributed by atoms with van der Waals surface area (Å²) in [4.78, 5) is 7.82. The molecule has 2 rings (SSSR count). The fourth-order valence-corrected chi connectivity index (χ4v) is 1.52. The monoisotopic (exact) mass is 254 g/mol. The molecule has 1 heterocycles. The summed E-state index contributed by atoms with van der Waals surface area (Å²) in [5.41, 5.74) is 0.880. The van der Waals surface area contributed by atoms with Gasteiger partial charge in [0.15, 0.2) is 5.15 Å². The average Bonchev–Trinajstić information content (AvgIpc) is 2.30. The lowest BCUT2D eigenvalue weighted by molar-refractivity contribution is 0.293. The minimum absolute atomic E-state index is 0.245. The van der Waals surface area contributed by atoms with Crippen molar-refractivity contribution in [2.24, 2.45) is 0 Å². The van der Waals surface area contributed by atoms with Crippen LogP contribution in [0.4, 0.5) is 0 Å². The van der Waals surface area contributed by atoms with Gasteiger partial charge < -0.3 is 4.74 Å². The van der Waals surface area contributed by atoms with E-state index >= 15 is 0 Å². The van der Waals surface area contributed by atoms with Gasteiger partial charge in [0.25, 0.3) is 5.88 Å². The van der Waals surface area contributed by atoms with E-state index in [1.807, 2.05) is 18.2 Å². The molecule has 0 aliphatic carbocycles. The Morgan fingerprint density at radius 1 is 1.06 bits per heavy atom. The van der Waals surface area contributed by atoms with Crippen LogP contribution in [0.2, 0.25) is 10.2 Å². The highest BCUT2D eigenvalue weighted by molar-refractivity contribution is 6.31. The first-order valence-electron chi connectivity index (χ1n) is 4.60. The molecule has 0 atom stereocenters. The zero-order valence-corrected chi connectivity index (χ0v) is 9.74. The summed E-state index contributed by atoms with van der Waals surface area (Å²) in [5, 5.41) is 0.900. The van der Waals surface area contributed by atoms with Crippen LogP contribution in [0.15, 0.2) is 36.7 Å². The molecule has 1 aromatic carbocycles. The number of hydrogen-bond acceptors (Lipinski definition) is 3. The molecule has 0 unspecified atom stereocenters. The number of halogens is 2. The lowest BCUT2D eigenvalue weighted by Gasteiger charge is -2.06. The summed E-state index contributed by atoms with van der Waals surface area (Å²) in [5.74, 6) is 0.309. The molecular formula is C11H8Cl2N2O. The molecule has 0 aliphatic heterocycles. The van der Waals surface area contributed by atoms with Crippen LogP contribution in [0.25, 0.3) is 0 Å². The maximum atomic E-state index is 5.98. The second-order valence-corrected chi connectivity index (χ2v) is 3.80. The first-order chi connectivity index (χ1) is 7.77. The predicted molar refractivity (Wildman–Crippen MR) is 62.8 cm³/mol. The Hall–Kier alpha value is -1.32. The highest BCUT2D eigenvalue weighted by Crippen LogP contribution is 2.21. The molecule has 0 radical (unpaired) electrons. The Balaban J connectivity index is 2.09. The van der Waals surface area contributed by atoms with Crippen molar-refractivity contribution < 1.29 is 4.74 Å². The van der Waals surface area contributed by atoms with Gasteiger partial charge in [-0.1, -0.05) is 41.4 Å². The zero-order chi connectivity index (χ0) is 11.4. The Morgan fingerprint density at radius 3 is 2.56 bits per heavy atom. The molecular weight excluding hydrogens is 247 g/mol. The van der Waals surface area contributed by atoms with Gasteiger partial charge in [-0.05, 0) is 6.07 Å². The number of rotatable bonds is 3. The van der Waals surface area contributed by atoms with Gasteiger partial charge in [0.1, 0.15) is 6.61 Å². The standard InChI is InChI=1S/C11H8Cl2N2O/c12-9-4-2-1-3-8(9)7-16-11-10(13)14-5-6-15-11/h1-6H,7H2. The van der Waals surface area contributed by atoms with E-state index in [-0.39, 0.29) is 5.15 Å². The maximum absolute atomic E-state index is 5.98. The number of hydrogen-bond donors (Lipinski definition) is 0. The largest absolute Gasteiger partial charge is 0.471 e. The molecule has 0 saturated carbocycles. The van der Waals surface area contributed by atoms with Crippen molar-refractivity contribution in [2.75, 3.05) is 0 Å². The van der Waals surface area contributed by atoms with Gasteiger partial charge >= 0.3 is 0 Å². The molecule has 0 fully saturated rings. The fourth-order valence-electron chi connectivity index (χ4n) is 1.17. The minimum Gasteiger partial charge on any atom is -0.471 e. The number of aromatic nitrogens is 2. The van der Waals surface area contributed by atoms with E-state index in [9.17, 15) is 0 Å². The van der Waals surface area contributed by atoms with Crippen molar-refractivity contribution in [1.29, 1.82) is 0 Å². The quantitative estimate of drug-likeness (QED) is 0.843. The van der Waals surface area contributed by atoms with Crippen LogP contribution in [0.3, 0.4) is 0 Å². The third-order valence-electron chi connectivity index (χ3n) is 1.95. The molecule has 0 saturated heterocycles. The first kappa shape index (κ1) is 11.2. The molecule has 0 bridgehead atoms. The number of nitrogens with zero attached hydrogens (tertiary/aromatic N) is 2. The molecule has 5 heteroatoms. The van der Waals surface area contributed by atoms with E-state index in [4.69, 9.17) is 27.9 Å². The van der Waals surface area contributed by atoms with Crippen molar-refractivity contribution in [3.05, 3.63) is 52.4 Å². The normalized spacial score (nSPS) is 10.1. The van der Waals surface area contributed by atoms with Gasteiger partial charge in [0.2, 0.25) is 0 Å². The van der Waals surface area contributed by atoms with Crippen LogP contribution in [-0.2, 0) is 6.61 Å². The van der Waals surface area contributed by atoms with Gasteiger partial charge in [0.05, 0.1) is 0 Å². The molecule has 0 spiro atoms. The average molecular weight is 255 g/mol. The van der Waals surface area contributed by atoms with Crippen LogP contribution in [0.1, 0.15) is 5.56 Å². The van der Waals surface area contributed by atoms with Gasteiger partial charge in [-0.2, -0.15) is 0 Å². The van der Waals surface area contributed by atoms with Crippen LogP contribution in [0, 0.1) is 0 Å². The van der Waals surface area contributed by atoms with Crippen molar-refractivity contribution >= 4 is 23.2 Å². The smallest absolute Gasteiger partial charge is 0.252 e.